The van der Waals surface area contributed by atoms with E-state index in [1.54, 1.807) is 6.92 Å². The van der Waals surface area contributed by atoms with Gasteiger partial charge in [0.15, 0.2) is 0 Å². The molecule has 1 heterocycles. The molecule has 2 atom stereocenters. The molecule has 0 aliphatic carbocycles. The molecular formula is C7H13FN2O2. The van der Waals surface area contributed by atoms with Crippen LogP contribution in [-0.2, 0) is 0 Å². The molecule has 2 N–H and O–H groups in total. The van der Waals surface area contributed by atoms with E-state index in [0.717, 1.165) is 0 Å². The maximum Gasteiger partial charge on any atom is 0.407 e. The fourth-order valence-electron chi connectivity index (χ4n) is 1.30. The molecule has 0 radical (unpaired) electrons. The summed E-state index contributed by atoms with van der Waals surface area (Å²) in [6.45, 7) is 2.06. The van der Waals surface area contributed by atoms with Crippen molar-refractivity contribution in [3.05, 3.63) is 0 Å². The molecule has 0 saturated carbocycles. The molecule has 1 rings (SSSR count). The number of alkyl halides is 1. The number of rotatable bonds is 1. The van der Waals surface area contributed by atoms with Gasteiger partial charge < -0.3 is 15.3 Å². The third-order valence-electron chi connectivity index (χ3n) is 2.08. The van der Waals surface area contributed by atoms with Gasteiger partial charge in [-0.05, 0) is 6.92 Å². The number of hydrogen-bond donors (Lipinski definition) is 2. The van der Waals surface area contributed by atoms with Crippen molar-refractivity contribution < 1.29 is 14.3 Å². The minimum atomic E-state index is -0.970. The van der Waals surface area contributed by atoms with Crippen LogP contribution in [0.25, 0.3) is 0 Å². The largest absolute Gasteiger partial charge is 0.465 e. The van der Waals surface area contributed by atoms with E-state index in [-0.39, 0.29) is 18.6 Å². The Kier molecular flexibility index (Phi) is 2.86. The predicted octanol–water partition coefficient (Wildman–Crippen LogP) is 0.296. The monoisotopic (exact) mass is 176 g/mol. The van der Waals surface area contributed by atoms with Gasteiger partial charge in [-0.15, -0.1) is 0 Å². The normalized spacial score (nSPS) is 30.3. The van der Waals surface area contributed by atoms with E-state index in [1.165, 1.54) is 4.90 Å². The molecule has 4 nitrogen and oxygen atoms in total. The van der Waals surface area contributed by atoms with Crippen molar-refractivity contribution in [1.29, 1.82) is 0 Å². The van der Waals surface area contributed by atoms with Gasteiger partial charge in [0.2, 0.25) is 0 Å². The molecule has 0 unspecified atom stereocenters. The average molecular weight is 176 g/mol. The zero-order valence-electron chi connectivity index (χ0n) is 6.96. The molecule has 0 spiro atoms. The summed E-state index contributed by atoms with van der Waals surface area (Å²) >= 11 is 0. The number of piperazine rings is 1. The lowest BCUT2D eigenvalue weighted by molar-refractivity contribution is 0.0995. The summed E-state index contributed by atoms with van der Waals surface area (Å²) < 4.78 is 12.2. The number of nitrogens with zero attached hydrogens (tertiary/aromatic N) is 1. The molecule has 5 heteroatoms. The molecule has 0 aromatic rings. The van der Waals surface area contributed by atoms with E-state index in [1.807, 2.05) is 0 Å². The summed E-state index contributed by atoms with van der Waals surface area (Å²) in [4.78, 5) is 11.9. The lowest BCUT2D eigenvalue weighted by atomic mass is 10.1. The SMILES string of the molecule is C[C@@H]1CN[C@@H](CF)CN1C(=O)O. The molecule has 1 aliphatic heterocycles. The van der Waals surface area contributed by atoms with Crippen molar-refractivity contribution >= 4 is 6.09 Å². The van der Waals surface area contributed by atoms with E-state index < -0.39 is 12.8 Å². The lowest BCUT2D eigenvalue weighted by Crippen LogP contribution is -2.57. The van der Waals surface area contributed by atoms with E-state index >= 15 is 0 Å². The number of hydrogen-bond acceptors (Lipinski definition) is 2. The van der Waals surface area contributed by atoms with Crippen LogP contribution in [0.15, 0.2) is 0 Å². The first kappa shape index (κ1) is 9.25. The zero-order valence-corrected chi connectivity index (χ0v) is 6.96. The van der Waals surface area contributed by atoms with Crippen molar-refractivity contribution in [1.82, 2.24) is 10.2 Å². The number of carboxylic acid groups (broad SMARTS) is 1. The van der Waals surface area contributed by atoms with Crippen LogP contribution in [-0.4, -0.2) is 47.9 Å². The summed E-state index contributed by atoms with van der Waals surface area (Å²) in [7, 11) is 0. The summed E-state index contributed by atoms with van der Waals surface area (Å²) in [5, 5.41) is 11.6. The van der Waals surface area contributed by atoms with Crippen LogP contribution >= 0.6 is 0 Å². The fraction of sp³-hybridized carbons (Fsp3) is 0.857. The Morgan fingerprint density at radius 2 is 2.50 bits per heavy atom. The molecule has 1 amide bonds. The summed E-state index contributed by atoms with van der Waals surface area (Å²) in [5.41, 5.74) is 0. The van der Waals surface area contributed by atoms with Gasteiger partial charge in [0.05, 0.1) is 6.04 Å². The van der Waals surface area contributed by atoms with Gasteiger partial charge in [0.25, 0.3) is 0 Å². The number of halogens is 1. The minimum absolute atomic E-state index is 0.0645. The highest BCUT2D eigenvalue weighted by molar-refractivity contribution is 5.65. The Balaban J connectivity index is 2.53. The highest BCUT2D eigenvalue weighted by atomic mass is 19.1. The third-order valence-corrected chi connectivity index (χ3v) is 2.08. The van der Waals surface area contributed by atoms with Crippen LogP contribution in [0.4, 0.5) is 9.18 Å². The van der Waals surface area contributed by atoms with Crippen LogP contribution in [0.1, 0.15) is 6.92 Å². The van der Waals surface area contributed by atoms with Crippen LogP contribution < -0.4 is 5.32 Å². The molecule has 0 aromatic carbocycles. The molecule has 1 aliphatic rings. The standard InChI is InChI=1S/C7H13FN2O2/c1-5-3-9-6(2-8)4-10(5)7(11)12/h5-6,9H,2-4H2,1H3,(H,11,12)/t5-,6+/m1/s1. The maximum atomic E-state index is 12.2. The van der Waals surface area contributed by atoms with Gasteiger partial charge in [-0.3, -0.25) is 0 Å². The minimum Gasteiger partial charge on any atom is -0.465 e. The van der Waals surface area contributed by atoms with Crippen molar-refractivity contribution in [3.63, 3.8) is 0 Å². The summed E-state index contributed by atoms with van der Waals surface area (Å²) in [6.07, 6.45) is -0.970. The summed E-state index contributed by atoms with van der Waals surface area (Å²) in [6, 6.07) is -0.400. The average Bonchev–Trinajstić information content (AvgIpc) is 2.05. The molecule has 1 saturated heterocycles. The number of amides is 1. The first-order chi connectivity index (χ1) is 5.65. The summed E-state index contributed by atoms with van der Waals surface area (Å²) in [5.74, 6) is 0. The Bertz CT molecular complexity index is 177. The van der Waals surface area contributed by atoms with Gasteiger partial charge >= 0.3 is 6.09 Å². The third kappa shape index (κ3) is 1.85. The van der Waals surface area contributed by atoms with Crippen molar-refractivity contribution in [3.8, 4) is 0 Å². The molecule has 70 valence electrons. The molecule has 1 fully saturated rings. The van der Waals surface area contributed by atoms with E-state index in [0.29, 0.717) is 6.54 Å². The second-order valence-corrected chi connectivity index (χ2v) is 3.04. The highest BCUT2D eigenvalue weighted by Gasteiger charge is 2.27. The number of nitrogens with one attached hydrogen (secondary N) is 1. The first-order valence-electron chi connectivity index (χ1n) is 3.94. The van der Waals surface area contributed by atoms with Gasteiger partial charge in [-0.1, -0.05) is 0 Å². The van der Waals surface area contributed by atoms with Gasteiger partial charge in [0, 0.05) is 19.1 Å². The first-order valence-corrected chi connectivity index (χ1v) is 3.94. The van der Waals surface area contributed by atoms with E-state index in [9.17, 15) is 9.18 Å². The Morgan fingerprint density at radius 3 is 3.00 bits per heavy atom. The Morgan fingerprint density at radius 1 is 1.83 bits per heavy atom. The van der Waals surface area contributed by atoms with Crippen molar-refractivity contribution in [2.75, 3.05) is 19.8 Å². The molecular weight excluding hydrogens is 163 g/mol. The second kappa shape index (κ2) is 3.71. The topological polar surface area (TPSA) is 52.6 Å². The van der Waals surface area contributed by atoms with Crippen LogP contribution in [0, 0.1) is 0 Å². The highest BCUT2D eigenvalue weighted by Crippen LogP contribution is 2.06. The Labute approximate surface area is 70.4 Å². The van der Waals surface area contributed by atoms with Gasteiger partial charge in [-0.2, -0.15) is 0 Å². The molecule has 12 heavy (non-hydrogen) atoms. The second-order valence-electron chi connectivity index (χ2n) is 3.04. The lowest BCUT2D eigenvalue weighted by Gasteiger charge is -2.35. The van der Waals surface area contributed by atoms with Crippen LogP contribution in [0.3, 0.4) is 0 Å². The number of carbonyl (C=O) groups is 1. The molecule has 0 aromatic heterocycles. The van der Waals surface area contributed by atoms with Gasteiger partial charge in [-0.25, -0.2) is 9.18 Å². The smallest absolute Gasteiger partial charge is 0.407 e. The van der Waals surface area contributed by atoms with Crippen LogP contribution in [0.5, 0.6) is 0 Å². The quantitative estimate of drug-likeness (QED) is 0.604. The van der Waals surface area contributed by atoms with Crippen LogP contribution in [0.2, 0.25) is 0 Å². The predicted molar refractivity (Wildman–Crippen MR) is 42.0 cm³/mol. The molecule has 0 bridgehead atoms. The Hall–Kier alpha value is -0.840. The van der Waals surface area contributed by atoms with Crippen molar-refractivity contribution in [2.45, 2.75) is 19.0 Å². The fourth-order valence-corrected chi connectivity index (χ4v) is 1.30. The van der Waals surface area contributed by atoms with Crippen molar-refractivity contribution in [2.24, 2.45) is 0 Å². The maximum absolute atomic E-state index is 12.2. The van der Waals surface area contributed by atoms with E-state index in [2.05, 4.69) is 5.32 Å². The van der Waals surface area contributed by atoms with Gasteiger partial charge in [0.1, 0.15) is 6.67 Å². The van der Waals surface area contributed by atoms with E-state index in [4.69, 9.17) is 5.11 Å². The zero-order chi connectivity index (χ0) is 9.14.